The Bertz CT molecular complexity index is 1220. The van der Waals surface area contributed by atoms with Crippen molar-refractivity contribution in [2.24, 2.45) is 0 Å². The summed E-state index contributed by atoms with van der Waals surface area (Å²) < 4.78 is 8.96. The molecule has 11 heteroatoms. The van der Waals surface area contributed by atoms with E-state index in [0.29, 0.717) is 46.0 Å². The van der Waals surface area contributed by atoms with Crippen LogP contribution >= 0.6 is 24.0 Å². The molecule has 0 atom stereocenters. The summed E-state index contributed by atoms with van der Waals surface area (Å²) in [6.07, 6.45) is 9.45. The summed E-state index contributed by atoms with van der Waals surface area (Å²) >= 11 is 6.52. The predicted octanol–water partition coefficient (Wildman–Crippen LogP) is 2.24. The molecule has 4 rings (SSSR count). The number of ether oxygens (including phenoxy) is 1. The number of thiocarbonyl (C=S) groups is 1. The quantitative estimate of drug-likeness (QED) is 0.289. The van der Waals surface area contributed by atoms with Crippen LogP contribution in [-0.4, -0.2) is 60.9 Å². The van der Waals surface area contributed by atoms with Crippen molar-refractivity contribution in [1.82, 2.24) is 23.8 Å². The maximum absolute atomic E-state index is 13.2. The average molecular weight is 471 g/mol. The third-order valence-electron chi connectivity index (χ3n) is 4.88. The van der Waals surface area contributed by atoms with Crippen LogP contribution in [0, 0.1) is 0 Å². The van der Waals surface area contributed by atoms with Crippen molar-refractivity contribution in [2.45, 2.75) is 13.0 Å². The molecule has 166 valence electrons. The lowest BCUT2D eigenvalue weighted by atomic mass is 10.2. The summed E-state index contributed by atoms with van der Waals surface area (Å²) in [4.78, 5) is 36.6. The number of imidazole rings is 1. The van der Waals surface area contributed by atoms with Gasteiger partial charge in [-0.25, -0.2) is 9.97 Å². The van der Waals surface area contributed by atoms with Crippen molar-refractivity contribution in [3.05, 3.63) is 63.9 Å². The number of aryl methyl sites for hydroxylation is 1. The van der Waals surface area contributed by atoms with Crippen LogP contribution < -0.4 is 10.9 Å². The van der Waals surface area contributed by atoms with Gasteiger partial charge in [0.05, 0.1) is 29.9 Å². The van der Waals surface area contributed by atoms with E-state index in [2.05, 4.69) is 15.3 Å². The molecule has 3 aromatic heterocycles. The van der Waals surface area contributed by atoms with Gasteiger partial charge in [-0.05, 0) is 24.6 Å². The van der Waals surface area contributed by atoms with E-state index in [1.165, 1.54) is 21.1 Å². The van der Waals surface area contributed by atoms with Gasteiger partial charge in [0, 0.05) is 38.8 Å². The maximum atomic E-state index is 13.2. The Hall–Kier alpha value is -3.02. The van der Waals surface area contributed by atoms with E-state index in [-0.39, 0.29) is 11.5 Å². The number of carbonyl (C=O) groups excluding carboxylic acids is 1. The monoisotopic (exact) mass is 470 g/mol. The molecule has 0 bridgehead atoms. The number of aromatic nitrogens is 4. The number of nitrogens with one attached hydrogen (secondary N) is 1. The summed E-state index contributed by atoms with van der Waals surface area (Å²) in [6.45, 7) is 2.13. The van der Waals surface area contributed by atoms with E-state index in [4.69, 9.17) is 17.0 Å². The van der Waals surface area contributed by atoms with Crippen LogP contribution in [0.3, 0.4) is 0 Å². The van der Waals surface area contributed by atoms with Crippen molar-refractivity contribution in [2.75, 3.05) is 32.1 Å². The molecular weight excluding hydrogens is 448 g/mol. The number of pyridine rings is 1. The lowest BCUT2D eigenvalue weighted by molar-refractivity contribution is -0.122. The van der Waals surface area contributed by atoms with Crippen LogP contribution in [0.2, 0.25) is 0 Å². The standard InChI is InChI=1S/C21H22N6O3S2/c1-30-12-11-27-20(29)16(32-21(27)31)13-15-18(23-6-4-8-25-10-7-22-14-25)24-17-5-2-3-9-26(17)19(15)28/h2-3,5,7,9-10,13-14,23H,4,6,8,11-12H2,1H3. The Kier molecular flexibility index (Phi) is 6.98. The van der Waals surface area contributed by atoms with Gasteiger partial charge in [-0.15, -0.1) is 0 Å². The van der Waals surface area contributed by atoms with Gasteiger partial charge in [-0.1, -0.05) is 30.0 Å². The van der Waals surface area contributed by atoms with Crippen molar-refractivity contribution < 1.29 is 9.53 Å². The minimum absolute atomic E-state index is 0.235. The first-order valence-electron chi connectivity index (χ1n) is 10.0. The third kappa shape index (κ3) is 4.74. The molecular formula is C21H22N6O3S2. The molecule has 1 aliphatic rings. The summed E-state index contributed by atoms with van der Waals surface area (Å²) in [5.41, 5.74) is 0.595. The molecule has 32 heavy (non-hydrogen) atoms. The molecule has 1 saturated heterocycles. The Labute approximate surface area is 194 Å². The molecule has 0 saturated carbocycles. The van der Waals surface area contributed by atoms with Crippen molar-refractivity contribution in [3.63, 3.8) is 0 Å². The highest BCUT2D eigenvalue weighted by Crippen LogP contribution is 2.32. The fourth-order valence-electron chi connectivity index (χ4n) is 3.26. The third-order valence-corrected chi connectivity index (χ3v) is 6.26. The van der Waals surface area contributed by atoms with Crippen LogP contribution in [0.15, 0.2) is 52.8 Å². The highest BCUT2D eigenvalue weighted by Gasteiger charge is 2.32. The summed E-state index contributed by atoms with van der Waals surface area (Å²) in [7, 11) is 1.57. The molecule has 0 spiro atoms. The number of fused-ring (bicyclic) bond motifs is 1. The van der Waals surface area contributed by atoms with Crippen molar-refractivity contribution in [3.8, 4) is 0 Å². The summed E-state index contributed by atoms with van der Waals surface area (Å²) in [6, 6.07) is 5.36. The van der Waals surface area contributed by atoms with Crippen LogP contribution in [0.1, 0.15) is 12.0 Å². The van der Waals surface area contributed by atoms with Crippen LogP contribution in [-0.2, 0) is 16.1 Å². The fraction of sp³-hybridized carbons (Fsp3) is 0.286. The van der Waals surface area contributed by atoms with Crippen molar-refractivity contribution in [1.29, 1.82) is 0 Å². The largest absolute Gasteiger partial charge is 0.383 e. The van der Waals surface area contributed by atoms with Crippen LogP contribution in [0.4, 0.5) is 5.82 Å². The second-order valence-electron chi connectivity index (χ2n) is 7.02. The summed E-state index contributed by atoms with van der Waals surface area (Å²) in [5.74, 6) is 0.203. The molecule has 4 heterocycles. The number of hydrogen-bond acceptors (Lipinski definition) is 8. The topological polar surface area (TPSA) is 93.8 Å². The molecule has 1 aliphatic heterocycles. The lowest BCUT2D eigenvalue weighted by Gasteiger charge is -2.13. The smallest absolute Gasteiger partial charge is 0.267 e. The number of nitrogens with zero attached hydrogens (tertiary/aromatic N) is 5. The summed E-state index contributed by atoms with van der Waals surface area (Å²) in [5, 5.41) is 3.26. The second kappa shape index (κ2) is 10.1. The van der Waals surface area contributed by atoms with Crippen LogP contribution in [0.5, 0.6) is 0 Å². The van der Waals surface area contributed by atoms with Gasteiger partial charge >= 0.3 is 0 Å². The molecule has 0 aliphatic carbocycles. The van der Waals surface area contributed by atoms with E-state index >= 15 is 0 Å². The zero-order valence-corrected chi connectivity index (χ0v) is 19.1. The van der Waals surface area contributed by atoms with E-state index in [0.717, 1.165) is 13.0 Å². The van der Waals surface area contributed by atoms with Gasteiger partial charge in [-0.3, -0.25) is 18.9 Å². The van der Waals surface area contributed by atoms with Gasteiger partial charge < -0.3 is 14.6 Å². The number of anilines is 1. The van der Waals surface area contributed by atoms with E-state index in [1.807, 2.05) is 16.8 Å². The van der Waals surface area contributed by atoms with Gasteiger partial charge in [-0.2, -0.15) is 0 Å². The molecule has 1 N–H and O–H groups in total. The average Bonchev–Trinajstić information content (AvgIpc) is 3.40. The first-order valence-corrected chi connectivity index (χ1v) is 11.3. The molecule has 0 unspecified atom stereocenters. The fourth-order valence-corrected chi connectivity index (χ4v) is 4.55. The maximum Gasteiger partial charge on any atom is 0.267 e. The number of hydrogen-bond donors (Lipinski definition) is 1. The molecule has 3 aromatic rings. The molecule has 0 aromatic carbocycles. The van der Waals surface area contributed by atoms with E-state index in [9.17, 15) is 9.59 Å². The lowest BCUT2D eigenvalue weighted by Crippen LogP contribution is -2.31. The molecule has 1 amide bonds. The number of rotatable bonds is 9. The van der Waals surface area contributed by atoms with Gasteiger partial charge in [0.15, 0.2) is 0 Å². The SMILES string of the molecule is COCCN1C(=O)C(=Cc2c(NCCCn3ccnc3)nc3ccccn3c2=O)SC1=S. The van der Waals surface area contributed by atoms with Gasteiger partial charge in [0.1, 0.15) is 15.8 Å². The van der Waals surface area contributed by atoms with Gasteiger partial charge in [0.2, 0.25) is 0 Å². The Morgan fingerprint density at radius 3 is 2.91 bits per heavy atom. The Balaban J connectivity index is 1.63. The number of thioether (sulfide) groups is 1. The first kappa shape index (κ1) is 22.2. The van der Waals surface area contributed by atoms with Crippen molar-refractivity contribution >= 4 is 51.7 Å². The zero-order chi connectivity index (χ0) is 22.5. The van der Waals surface area contributed by atoms with E-state index in [1.54, 1.807) is 44.0 Å². The zero-order valence-electron chi connectivity index (χ0n) is 17.4. The molecule has 1 fully saturated rings. The minimum Gasteiger partial charge on any atom is -0.383 e. The Morgan fingerprint density at radius 1 is 1.25 bits per heavy atom. The highest BCUT2D eigenvalue weighted by molar-refractivity contribution is 8.26. The normalized spacial score (nSPS) is 15.3. The predicted molar refractivity (Wildman–Crippen MR) is 129 cm³/mol. The number of carbonyl (C=O) groups is 1. The van der Waals surface area contributed by atoms with E-state index < -0.39 is 0 Å². The van der Waals surface area contributed by atoms with Crippen LogP contribution in [0.25, 0.3) is 11.7 Å². The second-order valence-corrected chi connectivity index (χ2v) is 8.69. The molecule has 0 radical (unpaired) electrons. The number of amides is 1. The number of methoxy groups -OCH3 is 1. The Morgan fingerprint density at radius 2 is 2.12 bits per heavy atom. The highest BCUT2D eigenvalue weighted by atomic mass is 32.2. The first-order chi connectivity index (χ1) is 15.6. The molecule has 9 nitrogen and oxygen atoms in total. The van der Waals surface area contributed by atoms with Gasteiger partial charge in [0.25, 0.3) is 11.5 Å². The minimum atomic E-state index is -0.255.